The Bertz CT molecular complexity index is 365. The lowest BCUT2D eigenvalue weighted by atomic mass is 10.1. The Labute approximate surface area is 96.8 Å². The summed E-state index contributed by atoms with van der Waals surface area (Å²) in [4.78, 5) is 0. The molecule has 1 aromatic rings. The van der Waals surface area contributed by atoms with E-state index in [4.69, 9.17) is 18.0 Å². The first-order valence-corrected chi connectivity index (χ1v) is 5.43. The van der Waals surface area contributed by atoms with Gasteiger partial charge in [-0.2, -0.15) is 0 Å². The van der Waals surface area contributed by atoms with Gasteiger partial charge >= 0.3 is 0 Å². The van der Waals surface area contributed by atoms with E-state index in [-0.39, 0.29) is 0 Å². The zero-order chi connectivity index (χ0) is 11.3. The third-order valence-electron chi connectivity index (χ3n) is 2.31. The van der Waals surface area contributed by atoms with Crippen LogP contribution in [0.5, 0.6) is 0 Å². The number of hydrogen-bond donors (Lipinski definition) is 1. The van der Waals surface area contributed by atoms with Gasteiger partial charge in [-0.1, -0.05) is 23.7 Å². The first-order chi connectivity index (χ1) is 7.13. The molecule has 1 atom stereocenters. The van der Waals surface area contributed by atoms with E-state index in [0.717, 1.165) is 23.6 Å². The Kier molecular flexibility index (Phi) is 4.68. The predicted octanol–water partition coefficient (Wildman–Crippen LogP) is 3.15. The molecule has 0 radical (unpaired) electrons. The largest absolute Gasteiger partial charge is 0.309 e. The summed E-state index contributed by atoms with van der Waals surface area (Å²) < 4.78 is 0. The molecule has 1 aromatic carbocycles. The van der Waals surface area contributed by atoms with Gasteiger partial charge in [0.25, 0.3) is 0 Å². The summed E-state index contributed by atoms with van der Waals surface area (Å²) >= 11 is 6.03. The van der Waals surface area contributed by atoms with Crippen molar-refractivity contribution >= 4 is 11.6 Å². The highest BCUT2D eigenvalue weighted by Crippen LogP contribution is 2.16. The third kappa shape index (κ3) is 3.95. The molecule has 0 aliphatic heterocycles. The van der Waals surface area contributed by atoms with Crippen molar-refractivity contribution < 1.29 is 0 Å². The zero-order valence-electron chi connectivity index (χ0n) is 9.18. The lowest BCUT2D eigenvalue weighted by Gasteiger charge is -2.11. The fraction of sp³-hybridized carbons (Fsp3) is 0.385. The summed E-state index contributed by atoms with van der Waals surface area (Å²) in [5.74, 6) is 2.64. The van der Waals surface area contributed by atoms with Crippen LogP contribution < -0.4 is 5.32 Å². The Morgan fingerprint density at radius 3 is 2.87 bits per heavy atom. The van der Waals surface area contributed by atoms with Gasteiger partial charge in [0.1, 0.15) is 0 Å². The van der Waals surface area contributed by atoms with Gasteiger partial charge < -0.3 is 5.32 Å². The van der Waals surface area contributed by atoms with Crippen LogP contribution >= 0.6 is 11.6 Å². The molecule has 0 amide bonds. The molecule has 80 valence electrons. The molecule has 0 aromatic heterocycles. The van der Waals surface area contributed by atoms with Crippen molar-refractivity contribution in [1.82, 2.24) is 5.32 Å². The maximum Gasteiger partial charge on any atom is 0.0438 e. The first-order valence-electron chi connectivity index (χ1n) is 5.05. The summed E-state index contributed by atoms with van der Waals surface area (Å²) in [6, 6.07) is 6.45. The second-order valence-electron chi connectivity index (χ2n) is 3.77. The van der Waals surface area contributed by atoms with Crippen LogP contribution in [-0.4, -0.2) is 6.04 Å². The summed E-state index contributed by atoms with van der Waals surface area (Å²) in [5, 5.41) is 4.16. The van der Waals surface area contributed by atoms with Crippen molar-refractivity contribution in [2.24, 2.45) is 0 Å². The molecule has 2 heteroatoms. The van der Waals surface area contributed by atoms with Crippen molar-refractivity contribution in [2.75, 3.05) is 0 Å². The Hall–Kier alpha value is -0.970. The number of nitrogens with one attached hydrogen (secondary N) is 1. The molecule has 0 bridgehead atoms. The fourth-order valence-corrected chi connectivity index (χ4v) is 1.49. The molecule has 0 aliphatic rings. The van der Waals surface area contributed by atoms with Crippen LogP contribution in [0.1, 0.15) is 24.5 Å². The van der Waals surface area contributed by atoms with E-state index >= 15 is 0 Å². The zero-order valence-corrected chi connectivity index (χ0v) is 9.93. The molecule has 1 unspecified atom stereocenters. The van der Waals surface area contributed by atoms with Crippen molar-refractivity contribution in [3.05, 3.63) is 34.3 Å². The van der Waals surface area contributed by atoms with Crippen LogP contribution in [0.3, 0.4) is 0 Å². The van der Waals surface area contributed by atoms with Gasteiger partial charge in [0.2, 0.25) is 0 Å². The van der Waals surface area contributed by atoms with Gasteiger partial charge in [-0.05, 0) is 31.0 Å². The summed E-state index contributed by atoms with van der Waals surface area (Å²) in [6.45, 7) is 4.89. The molecule has 1 rings (SSSR count). The second-order valence-corrected chi connectivity index (χ2v) is 4.18. The van der Waals surface area contributed by atoms with E-state index in [9.17, 15) is 0 Å². The molecule has 0 aliphatic carbocycles. The molecule has 15 heavy (non-hydrogen) atoms. The minimum absolute atomic E-state index is 0.343. The van der Waals surface area contributed by atoms with Gasteiger partial charge in [-0.15, -0.1) is 12.3 Å². The summed E-state index contributed by atoms with van der Waals surface area (Å²) in [7, 11) is 0. The van der Waals surface area contributed by atoms with Gasteiger partial charge in [0, 0.05) is 24.0 Å². The third-order valence-corrected chi connectivity index (χ3v) is 2.72. The van der Waals surface area contributed by atoms with E-state index in [1.807, 2.05) is 19.1 Å². The normalized spacial score (nSPS) is 12.1. The number of halogens is 1. The van der Waals surface area contributed by atoms with E-state index < -0.39 is 0 Å². The molecular formula is C13H16ClN. The molecule has 0 saturated carbocycles. The summed E-state index contributed by atoms with van der Waals surface area (Å²) in [5.41, 5.74) is 2.30. The molecule has 0 saturated heterocycles. The lowest BCUT2D eigenvalue weighted by Crippen LogP contribution is -2.24. The van der Waals surface area contributed by atoms with Crippen LogP contribution in [0, 0.1) is 19.3 Å². The van der Waals surface area contributed by atoms with Crippen molar-refractivity contribution in [1.29, 1.82) is 0 Å². The molecule has 1 N–H and O–H groups in total. The van der Waals surface area contributed by atoms with Crippen molar-refractivity contribution in [2.45, 2.75) is 32.9 Å². The molecule has 0 fully saturated rings. The highest BCUT2D eigenvalue weighted by Gasteiger charge is 2.01. The standard InChI is InChI=1S/C13H16ClN/c1-4-5-11(3)15-9-12-7-6-10(2)13(14)8-12/h1,6-8,11,15H,5,9H2,2-3H3. The van der Waals surface area contributed by atoms with Gasteiger partial charge in [-0.25, -0.2) is 0 Å². The van der Waals surface area contributed by atoms with Crippen LogP contribution in [-0.2, 0) is 6.54 Å². The molecule has 0 heterocycles. The first kappa shape index (κ1) is 12.1. The quantitative estimate of drug-likeness (QED) is 0.771. The SMILES string of the molecule is C#CCC(C)NCc1ccc(C)c(Cl)c1. The van der Waals surface area contributed by atoms with E-state index in [1.54, 1.807) is 0 Å². The number of terminal acetylenes is 1. The Morgan fingerprint density at radius 1 is 1.53 bits per heavy atom. The van der Waals surface area contributed by atoms with E-state index in [0.29, 0.717) is 6.04 Å². The number of benzene rings is 1. The van der Waals surface area contributed by atoms with Gasteiger partial charge in [0.15, 0.2) is 0 Å². The highest BCUT2D eigenvalue weighted by molar-refractivity contribution is 6.31. The lowest BCUT2D eigenvalue weighted by molar-refractivity contribution is 0.559. The summed E-state index contributed by atoms with van der Waals surface area (Å²) in [6.07, 6.45) is 5.98. The van der Waals surface area contributed by atoms with Crippen molar-refractivity contribution in [3.8, 4) is 12.3 Å². The highest BCUT2D eigenvalue weighted by atomic mass is 35.5. The topological polar surface area (TPSA) is 12.0 Å². The molecule has 0 spiro atoms. The van der Waals surface area contributed by atoms with Crippen molar-refractivity contribution in [3.63, 3.8) is 0 Å². The monoisotopic (exact) mass is 221 g/mol. The van der Waals surface area contributed by atoms with Crippen LogP contribution in [0.4, 0.5) is 0 Å². The fourth-order valence-electron chi connectivity index (χ4n) is 1.29. The maximum absolute atomic E-state index is 6.03. The average molecular weight is 222 g/mol. The Morgan fingerprint density at radius 2 is 2.27 bits per heavy atom. The van der Waals surface area contributed by atoms with Crippen LogP contribution in [0.25, 0.3) is 0 Å². The minimum atomic E-state index is 0.343. The Balaban J connectivity index is 2.51. The molecular weight excluding hydrogens is 206 g/mol. The van der Waals surface area contributed by atoms with Gasteiger partial charge in [-0.3, -0.25) is 0 Å². The van der Waals surface area contributed by atoms with E-state index in [2.05, 4.69) is 24.2 Å². The number of hydrogen-bond acceptors (Lipinski definition) is 1. The number of aryl methyl sites for hydroxylation is 1. The average Bonchev–Trinajstić information content (AvgIpc) is 2.20. The smallest absolute Gasteiger partial charge is 0.0438 e. The van der Waals surface area contributed by atoms with Crippen LogP contribution in [0.2, 0.25) is 5.02 Å². The second kappa shape index (κ2) is 5.80. The number of rotatable bonds is 4. The van der Waals surface area contributed by atoms with E-state index in [1.165, 1.54) is 5.56 Å². The van der Waals surface area contributed by atoms with Crippen LogP contribution in [0.15, 0.2) is 18.2 Å². The van der Waals surface area contributed by atoms with Gasteiger partial charge in [0.05, 0.1) is 0 Å². The molecule has 1 nitrogen and oxygen atoms in total. The maximum atomic E-state index is 6.03. The predicted molar refractivity (Wildman–Crippen MR) is 65.9 cm³/mol. The minimum Gasteiger partial charge on any atom is -0.309 e.